The number of rotatable bonds is 2. The Morgan fingerprint density at radius 1 is 1.24 bits per heavy atom. The van der Waals surface area contributed by atoms with Crippen molar-refractivity contribution in [2.45, 2.75) is 63.8 Å². The maximum atomic E-state index is 10.9. The largest absolute Gasteiger partial charge is 0.387 e. The van der Waals surface area contributed by atoms with E-state index < -0.39 is 0 Å². The predicted octanol–water partition coefficient (Wildman–Crippen LogP) is 3.10. The summed E-state index contributed by atoms with van der Waals surface area (Å²) in [4.78, 5) is 2.51. The Bertz CT molecular complexity index is 490. The van der Waals surface area contributed by atoms with Gasteiger partial charge in [-0.25, -0.2) is 0 Å². The van der Waals surface area contributed by atoms with E-state index in [0.29, 0.717) is 12.0 Å². The van der Waals surface area contributed by atoms with Crippen LogP contribution in [-0.2, 0) is 4.74 Å². The lowest BCUT2D eigenvalue weighted by Gasteiger charge is -2.47. The number of aliphatic hydroxyl groups excluding tert-OH is 1. The normalized spacial score (nSPS) is 37.2. The Hall–Kier alpha value is -0.900. The van der Waals surface area contributed by atoms with Gasteiger partial charge in [0.05, 0.1) is 18.8 Å². The van der Waals surface area contributed by atoms with Gasteiger partial charge in [-0.1, -0.05) is 38.1 Å². The van der Waals surface area contributed by atoms with E-state index in [1.54, 1.807) is 0 Å². The molecule has 3 heteroatoms. The van der Waals surface area contributed by atoms with E-state index in [4.69, 9.17) is 4.74 Å². The van der Waals surface area contributed by atoms with Crippen LogP contribution in [0.25, 0.3) is 0 Å². The van der Waals surface area contributed by atoms with Gasteiger partial charge in [-0.3, -0.25) is 4.90 Å². The van der Waals surface area contributed by atoms with Crippen molar-refractivity contribution < 1.29 is 9.84 Å². The third-order valence-electron chi connectivity index (χ3n) is 5.21. The maximum Gasteiger partial charge on any atom is 0.0948 e. The number of morpholine rings is 1. The van der Waals surface area contributed by atoms with E-state index in [2.05, 4.69) is 43.9 Å². The molecule has 1 fully saturated rings. The molecular weight excluding hydrogens is 262 g/mol. The van der Waals surface area contributed by atoms with Crippen LogP contribution in [0.2, 0.25) is 0 Å². The van der Waals surface area contributed by atoms with Crippen LogP contribution >= 0.6 is 0 Å². The molecule has 1 N–H and O–H groups in total. The number of aliphatic hydroxyl groups is 1. The minimum atomic E-state index is -0.378. The average molecular weight is 289 g/mol. The number of nitrogens with zero attached hydrogens (tertiary/aromatic N) is 1. The second-order valence-electron chi connectivity index (χ2n) is 6.68. The predicted molar refractivity (Wildman–Crippen MR) is 84.4 cm³/mol. The van der Waals surface area contributed by atoms with Gasteiger partial charge in [0.2, 0.25) is 0 Å². The molecule has 0 bridgehead atoms. The van der Waals surface area contributed by atoms with Crippen LogP contribution in [0.15, 0.2) is 24.3 Å². The molecule has 0 amide bonds. The quantitative estimate of drug-likeness (QED) is 0.908. The fourth-order valence-electron chi connectivity index (χ4n) is 4.00. The Balaban J connectivity index is 1.89. The third-order valence-corrected chi connectivity index (χ3v) is 5.21. The fourth-order valence-corrected chi connectivity index (χ4v) is 4.00. The second-order valence-corrected chi connectivity index (χ2v) is 6.68. The van der Waals surface area contributed by atoms with Gasteiger partial charge in [0.25, 0.3) is 0 Å². The fraction of sp³-hybridized carbons (Fsp3) is 0.667. The van der Waals surface area contributed by atoms with Crippen LogP contribution in [-0.4, -0.2) is 41.3 Å². The first-order chi connectivity index (χ1) is 10.1. The minimum Gasteiger partial charge on any atom is -0.387 e. The zero-order valence-corrected chi connectivity index (χ0v) is 13.3. The van der Waals surface area contributed by atoms with Gasteiger partial charge in [0.15, 0.2) is 0 Å². The molecule has 1 aliphatic heterocycles. The van der Waals surface area contributed by atoms with Crippen molar-refractivity contribution in [1.29, 1.82) is 0 Å². The van der Waals surface area contributed by atoms with Crippen LogP contribution in [0.3, 0.4) is 0 Å². The Labute approximate surface area is 127 Å². The highest BCUT2D eigenvalue weighted by atomic mass is 16.5. The lowest BCUT2D eigenvalue weighted by molar-refractivity contribution is -0.0984. The number of benzene rings is 1. The van der Waals surface area contributed by atoms with Gasteiger partial charge in [-0.05, 0) is 36.8 Å². The number of hydrogen-bond acceptors (Lipinski definition) is 3. The van der Waals surface area contributed by atoms with Crippen LogP contribution in [0, 0.1) is 0 Å². The summed E-state index contributed by atoms with van der Waals surface area (Å²) >= 11 is 0. The first-order valence-corrected chi connectivity index (χ1v) is 8.26. The molecule has 1 aliphatic carbocycles. The summed E-state index contributed by atoms with van der Waals surface area (Å²) < 4.78 is 5.81. The van der Waals surface area contributed by atoms with E-state index >= 15 is 0 Å². The Kier molecular flexibility index (Phi) is 4.34. The Morgan fingerprint density at radius 3 is 2.67 bits per heavy atom. The molecule has 1 heterocycles. The molecule has 5 unspecified atom stereocenters. The summed E-state index contributed by atoms with van der Waals surface area (Å²) in [5.74, 6) is 0.505. The van der Waals surface area contributed by atoms with Gasteiger partial charge in [0, 0.05) is 18.6 Å². The smallest absolute Gasteiger partial charge is 0.0948 e. The van der Waals surface area contributed by atoms with Crippen molar-refractivity contribution in [1.82, 2.24) is 4.90 Å². The first-order valence-electron chi connectivity index (χ1n) is 8.26. The van der Waals surface area contributed by atoms with Gasteiger partial charge in [-0.15, -0.1) is 0 Å². The molecular formula is C18H27NO2. The summed E-state index contributed by atoms with van der Waals surface area (Å²) in [7, 11) is 0. The van der Waals surface area contributed by atoms with E-state index in [1.165, 1.54) is 5.56 Å². The van der Waals surface area contributed by atoms with Crippen LogP contribution in [0.5, 0.6) is 0 Å². The summed E-state index contributed by atoms with van der Waals surface area (Å²) in [5.41, 5.74) is 2.44. The van der Waals surface area contributed by atoms with Crippen molar-refractivity contribution in [2.75, 3.05) is 13.2 Å². The molecule has 3 nitrogen and oxygen atoms in total. The van der Waals surface area contributed by atoms with Gasteiger partial charge in [0.1, 0.15) is 0 Å². The van der Waals surface area contributed by atoms with Crippen molar-refractivity contribution in [3.05, 3.63) is 35.4 Å². The molecule has 1 saturated heterocycles. The molecule has 1 aromatic rings. The van der Waals surface area contributed by atoms with Crippen molar-refractivity contribution in [3.8, 4) is 0 Å². The first kappa shape index (κ1) is 15.0. The monoisotopic (exact) mass is 289 g/mol. The molecule has 1 aromatic carbocycles. The summed E-state index contributed by atoms with van der Waals surface area (Å²) in [6.45, 7) is 8.34. The molecule has 5 atom stereocenters. The molecule has 0 radical (unpaired) electrons. The van der Waals surface area contributed by atoms with Crippen molar-refractivity contribution in [2.24, 2.45) is 0 Å². The van der Waals surface area contributed by atoms with Crippen LogP contribution in [0.1, 0.15) is 56.8 Å². The van der Waals surface area contributed by atoms with E-state index in [0.717, 1.165) is 31.6 Å². The number of ether oxygens (including phenoxy) is 1. The van der Waals surface area contributed by atoms with Crippen LogP contribution in [0.4, 0.5) is 0 Å². The highest BCUT2D eigenvalue weighted by Gasteiger charge is 2.39. The average Bonchev–Trinajstić information content (AvgIpc) is 2.51. The zero-order valence-electron chi connectivity index (χ0n) is 13.3. The lowest BCUT2D eigenvalue weighted by atomic mass is 9.78. The van der Waals surface area contributed by atoms with Crippen LogP contribution < -0.4 is 0 Å². The molecule has 3 rings (SSSR count). The zero-order chi connectivity index (χ0) is 15.0. The number of fused-ring (bicyclic) bond motifs is 1. The topological polar surface area (TPSA) is 32.7 Å². The van der Waals surface area contributed by atoms with Gasteiger partial charge in [-0.2, -0.15) is 0 Å². The van der Waals surface area contributed by atoms with Crippen molar-refractivity contribution in [3.63, 3.8) is 0 Å². The molecule has 0 saturated carbocycles. The van der Waals surface area contributed by atoms with E-state index in [1.807, 2.05) is 6.07 Å². The highest BCUT2D eigenvalue weighted by Crippen LogP contribution is 2.41. The molecule has 0 spiro atoms. The lowest BCUT2D eigenvalue weighted by Crippen LogP contribution is -2.55. The molecule has 116 valence electrons. The summed E-state index contributed by atoms with van der Waals surface area (Å²) in [6, 6.07) is 9.01. The van der Waals surface area contributed by atoms with E-state index in [-0.39, 0.29) is 18.2 Å². The van der Waals surface area contributed by atoms with Crippen molar-refractivity contribution >= 4 is 0 Å². The van der Waals surface area contributed by atoms with Gasteiger partial charge >= 0.3 is 0 Å². The van der Waals surface area contributed by atoms with Gasteiger partial charge < -0.3 is 9.84 Å². The standard InChI is InChI=1S/C18H27NO2/c1-4-14-11-21-13(3)10-19(14)17-9-12(2)15-7-5-6-8-16(15)18(17)20/h5-8,12-14,17-18,20H,4,9-11H2,1-3H3. The molecule has 21 heavy (non-hydrogen) atoms. The number of hydrogen-bond donors (Lipinski definition) is 1. The molecule has 0 aromatic heterocycles. The highest BCUT2D eigenvalue weighted by molar-refractivity contribution is 5.35. The SMILES string of the molecule is CCC1COC(C)CN1C1CC(C)c2ccccc2C1O. The van der Waals surface area contributed by atoms with E-state index in [9.17, 15) is 5.11 Å². The second kappa shape index (κ2) is 6.07. The third kappa shape index (κ3) is 2.75. The minimum absolute atomic E-state index is 0.214. The Morgan fingerprint density at radius 2 is 1.95 bits per heavy atom. The maximum absolute atomic E-state index is 10.9. The summed E-state index contributed by atoms with van der Waals surface area (Å²) in [5, 5.41) is 10.9. The molecule has 2 aliphatic rings. The summed E-state index contributed by atoms with van der Waals surface area (Å²) in [6.07, 6.45) is 1.98.